The zero-order valence-corrected chi connectivity index (χ0v) is 14.3. The number of aliphatic carboxylic acids is 1. The molecule has 2 heterocycles. The van der Waals surface area contributed by atoms with Crippen molar-refractivity contribution in [2.45, 2.75) is 12.6 Å². The van der Waals surface area contributed by atoms with Gasteiger partial charge in [0.15, 0.2) is 6.04 Å². The zero-order valence-electron chi connectivity index (χ0n) is 14.3. The predicted octanol–water partition coefficient (Wildman–Crippen LogP) is 2.61. The van der Waals surface area contributed by atoms with E-state index in [4.69, 9.17) is 4.74 Å². The second-order valence-corrected chi connectivity index (χ2v) is 5.71. The fourth-order valence-corrected chi connectivity index (χ4v) is 2.43. The lowest BCUT2D eigenvalue weighted by molar-refractivity contribution is -0.139. The number of carboxylic acids is 1. The molecule has 2 N–H and O–H groups in total. The van der Waals surface area contributed by atoms with Crippen LogP contribution in [-0.2, 0) is 11.4 Å². The van der Waals surface area contributed by atoms with Crippen molar-refractivity contribution < 1.29 is 19.4 Å². The van der Waals surface area contributed by atoms with Gasteiger partial charge in [-0.2, -0.15) is 0 Å². The number of rotatable bonds is 7. The SMILES string of the molecule is O=C(NC(C(=O)O)c1cccnc1)c1cccc(OCc2cccnc2)c1. The van der Waals surface area contributed by atoms with Crippen LogP contribution in [0, 0.1) is 0 Å². The zero-order chi connectivity index (χ0) is 19.1. The van der Waals surface area contributed by atoms with Crippen LogP contribution in [0.1, 0.15) is 27.5 Å². The quantitative estimate of drug-likeness (QED) is 0.669. The van der Waals surface area contributed by atoms with Crippen LogP contribution < -0.4 is 10.1 Å². The standard InChI is InChI=1S/C20H17N3O4/c24-19(23-18(20(25)26)16-6-3-9-22-12-16)15-5-1-7-17(10-15)27-13-14-4-2-8-21-11-14/h1-12,18H,13H2,(H,23,24)(H,25,26). The third-order valence-corrected chi connectivity index (χ3v) is 3.76. The number of carboxylic acid groups (broad SMARTS) is 1. The van der Waals surface area contributed by atoms with Crippen LogP contribution >= 0.6 is 0 Å². The number of nitrogens with zero attached hydrogens (tertiary/aromatic N) is 2. The second-order valence-electron chi connectivity index (χ2n) is 5.71. The Morgan fingerprint density at radius 2 is 1.81 bits per heavy atom. The van der Waals surface area contributed by atoms with Gasteiger partial charge >= 0.3 is 5.97 Å². The Kier molecular flexibility index (Phi) is 5.73. The predicted molar refractivity (Wildman–Crippen MR) is 97.1 cm³/mol. The van der Waals surface area contributed by atoms with Crippen molar-refractivity contribution in [3.8, 4) is 5.75 Å². The Morgan fingerprint density at radius 3 is 2.48 bits per heavy atom. The van der Waals surface area contributed by atoms with E-state index in [-0.39, 0.29) is 0 Å². The molecule has 0 spiro atoms. The Hall–Kier alpha value is -3.74. The van der Waals surface area contributed by atoms with Crippen LogP contribution in [-0.4, -0.2) is 27.0 Å². The molecule has 136 valence electrons. The fraction of sp³-hybridized carbons (Fsp3) is 0.100. The summed E-state index contributed by atoms with van der Waals surface area (Å²) in [4.78, 5) is 31.9. The van der Waals surface area contributed by atoms with Crippen molar-refractivity contribution in [3.63, 3.8) is 0 Å². The summed E-state index contributed by atoms with van der Waals surface area (Å²) in [6.07, 6.45) is 6.32. The van der Waals surface area contributed by atoms with Crippen LogP contribution in [0.5, 0.6) is 5.75 Å². The van der Waals surface area contributed by atoms with E-state index in [1.165, 1.54) is 12.4 Å². The number of carbonyl (C=O) groups is 2. The van der Waals surface area contributed by atoms with E-state index in [9.17, 15) is 14.7 Å². The van der Waals surface area contributed by atoms with Crippen LogP contribution in [0.3, 0.4) is 0 Å². The molecule has 27 heavy (non-hydrogen) atoms. The van der Waals surface area contributed by atoms with E-state index in [0.717, 1.165) is 5.56 Å². The summed E-state index contributed by atoms with van der Waals surface area (Å²) in [6.45, 7) is 0.312. The number of benzene rings is 1. The maximum atomic E-state index is 12.5. The van der Waals surface area contributed by atoms with Crippen LogP contribution in [0.2, 0.25) is 0 Å². The molecule has 0 radical (unpaired) electrons. The van der Waals surface area contributed by atoms with Gasteiger partial charge in [0.2, 0.25) is 0 Å². The molecule has 0 saturated heterocycles. The van der Waals surface area contributed by atoms with Gasteiger partial charge in [-0.05, 0) is 30.3 Å². The number of ether oxygens (including phenoxy) is 1. The first-order valence-electron chi connectivity index (χ1n) is 8.19. The van der Waals surface area contributed by atoms with E-state index < -0.39 is 17.9 Å². The molecule has 7 heteroatoms. The normalized spacial score (nSPS) is 11.4. The van der Waals surface area contributed by atoms with Crippen LogP contribution in [0.15, 0.2) is 73.3 Å². The molecule has 2 aromatic heterocycles. The number of aromatic nitrogens is 2. The first kappa shape index (κ1) is 18.1. The molecule has 1 aromatic carbocycles. The Morgan fingerprint density at radius 1 is 1.04 bits per heavy atom. The maximum Gasteiger partial charge on any atom is 0.330 e. The molecule has 0 fully saturated rings. The van der Waals surface area contributed by atoms with E-state index in [2.05, 4.69) is 15.3 Å². The van der Waals surface area contributed by atoms with Crippen molar-refractivity contribution in [2.24, 2.45) is 0 Å². The summed E-state index contributed by atoms with van der Waals surface area (Å²) >= 11 is 0. The summed E-state index contributed by atoms with van der Waals surface area (Å²) in [5, 5.41) is 11.9. The molecule has 1 unspecified atom stereocenters. The van der Waals surface area contributed by atoms with E-state index >= 15 is 0 Å². The molecule has 0 aliphatic rings. The maximum absolute atomic E-state index is 12.5. The highest BCUT2D eigenvalue weighted by Gasteiger charge is 2.23. The monoisotopic (exact) mass is 363 g/mol. The van der Waals surface area contributed by atoms with Gasteiger partial charge in [0.1, 0.15) is 12.4 Å². The van der Waals surface area contributed by atoms with E-state index in [0.29, 0.717) is 23.5 Å². The Bertz CT molecular complexity index is 917. The summed E-state index contributed by atoms with van der Waals surface area (Å²) in [5.74, 6) is -1.18. The van der Waals surface area contributed by atoms with Gasteiger partial charge in [0.25, 0.3) is 5.91 Å². The lowest BCUT2D eigenvalue weighted by atomic mass is 10.1. The Balaban J connectivity index is 1.70. The first-order chi connectivity index (χ1) is 13.1. The molecule has 0 aliphatic heterocycles. The van der Waals surface area contributed by atoms with Crippen LogP contribution in [0.4, 0.5) is 0 Å². The van der Waals surface area contributed by atoms with Gasteiger partial charge in [0, 0.05) is 41.5 Å². The van der Waals surface area contributed by atoms with Gasteiger partial charge < -0.3 is 15.2 Å². The van der Waals surface area contributed by atoms with Crippen molar-refractivity contribution in [2.75, 3.05) is 0 Å². The fourth-order valence-electron chi connectivity index (χ4n) is 2.43. The van der Waals surface area contributed by atoms with E-state index in [1.807, 2.05) is 12.1 Å². The molecular weight excluding hydrogens is 346 g/mol. The molecular formula is C20H17N3O4. The number of nitrogens with one attached hydrogen (secondary N) is 1. The second kappa shape index (κ2) is 8.57. The number of amides is 1. The third-order valence-electron chi connectivity index (χ3n) is 3.76. The minimum atomic E-state index is -1.19. The summed E-state index contributed by atoms with van der Waals surface area (Å²) < 4.78 is 5.67. The average Bonchev–Trinajstić information content (AvgIpc) is 2.71. The summed E-state index contributed by atoms with van der Waals surface area (Å²) in [6, 6.07) is 12.3. The first-order valence-corrected chi connectivity index (χ1v) is 8.19. The third kappa shape index (κ3) is 4.88. The summed E-state index contributed by atoms with van der Waals surface area (Å²) in [5.41, 5.74) is 1.59. The highest BCUT2D eigenvalue weighted by Crippen LogP contribution is 2.17. The van der Waals surface area contributed by atoms with Gasteiger partial charge in [0.05, 0.1) is 0 Å². The topological polar surface area (TPSA) is 101 Å². The van der Waals surface area contributed by atoms with Crippen molar-refractivity contribution in [3.05, 3.63) is 90.0 Å². The largest absolute Gasteiger partial charge is 0.489 e. The van der Waals surface area contributed by atoms with Crippen molar-refractivity contribution in [1.29, 1.82) is 0 Å². The molecule has 0 aliphatic carbocycles. The van der Waals surface area contributed by atoms with Crippen LogP contribution in [0.25, 0.3) is 0 Å². The lowest BCUT2D eigenvalue weighted by Gasteiger charge is -2.15. The molecule has 0 saturated carbocycles. The van der Waals surface area contributed by atoms with Gasteiger partial charge in [-0.3, -0.25) is 14.8 Å². The van der Waals surface area contributed by atoms with Gasteiger partial charge in [-0.15, -0.1) is 0 Å². The van der Waals surface area contributed by atoms with Gasteiger partial charge in [-0.25, -0.2) is 4.79 Å². The molecule has 1 atom stereocenters. The average molecular weight is 363 g/mol. The number of carbonyl (C=O) groups excluding carboxylic acids is 1. The molecule has 7 nitrogen and oxygen atoms in total. The minimum absolute atomic E-state index is 0.300. The summed E-state index contributed by atoms with van der Waals surface area (Å²) in [7, 11) is 0. The highest BCUT2D eigenvalue weighted by molar-refractivity contribution is 5.97. The number of hydrogen-bond acceptors (Lipinski definition) is 5. The van der Waals surface area contributed by atoms with Crippen molar-refractivity contribution in [1.82, 2.24) is 15.3 Å². The molecule has 3 aromatic rings. The lowest BCUT2D eigenvalue weighted by Crippen LogP contribution is -2.33. The van der Waals surface area contributed by atoms with Gasteiger partial charge in [-0.1, -0.05) is 18.2 Å². The smallest absolute Gasteiger partial charge is 0.330 e. The van der Waals surface area contributed by atoms with E-state index in [1.54, 1.807) is 48.8 Å². The highest BCUT2D eigenvalue weighted by atomic mass is 16.5. The Labute approximate surface area is 155 Å². The number of hydrogen-bond donors (Lipinski definition) is 2. The molecule has 0 bridgehead atoms. The molecule has 1 amide bonds. The molecule has 3 rings (SSSR count). The number of pyridine rings is 2. The van der Waals surface area contributed by atoms with Crippen molar-refractivity contribution >= 4 is 11.9 Å². The minimum Gasteiger partial charge on any atom is -0.489 e.